The van der Waals surface area contributed by atoms with E-state index in [1.807, 2.05) is 95.5 Å². The summed E-state index contributed by atoms with van der Waals surface area (Å²) < 4.78 is 8.39. The normalized spacial score (nSPS) is 29.6. The van der Waals surface area contributed by atoms with Crippen molar-refractivity contribution in [2.45, 2.75) is 132 Å². The smallest absolute Gasteiger partial charge is 0.143 e. The molecule has 3 spiro atoms. The van der Waals surface area contributed by atoms with E-state index in [2.05, 4.69) is 170 Å². The van der Waals surface area contributed by atoms with Gasteiger partial charge in [0.15, 0.2) is 0 Å². The van der Waals surface area contributed by atoms with Gasteiger partial charge in [0.1, 0.15) is 71.7 Å². The Bertz CT molecular complexity index is 5040. The Morgan fingerprint density at radius 3 is 1.14 bits per heavy atom. The van der Waals surface area contributed by atoms with Crippen molar-refractivity contribution in [3.63, 3.8) is 0 Å². The van der Waals surface area contributed by atoms with Crippen molar-refractivity contribution < 1.29 is 30.6 Å². The summed E-state index contributed by atoms with van der Waals surface area (Å²) in [6.45, 7) is 7.90. The number of anilines is 3. The van der Waals surface area contributed by atoms with Crippen LogP contribution in [-0.2, 0) is 0 Å². The maximum atomic E-state index is 11.3. The van der Waals surface area contributed by atoms with E-state index in [9.17, 15) is 30.6 Å². The lowest BCUT2D eigenvalue weighted by Crippen LogP contribution is -2.38. The highest BCUT2D eigenvalue weighted by molar-refractivity contribution is 9.11. The van der Waals surface area contributed by atoms with Crippen LogP contribution < -0.4 is 22.5 Å². The van der Waals surface area contributed by atoms with E-state index in [1.54, 1.807) is 19.0 Å². The number of fused-ring (bicyclic) bond motifs is 6. The van der Waals surface area contributed by atoms with Gasteiger partial charge in [-0.1, -0.05) is 36.4 Å². The Hall–Kier alpha value is -7.77. The summed E-state index contributed by atoms with van der Waals surface area (Å²) in [5.41, 5.74) is 27.8. The number of hydrogen-bond donors (Lipinski definition) is 10. The number of aryl methyl sites for hydroxylation is 3. The molecule has 12 heterocycles. The number of hydrogen-bond acceptors (Lipinski definition) is 21. The number of rotatable bonds is 6. The molecule has 27 heteroatoms. The molecule has 6 aliphatic rings. The number of benzene rings is 3. The first-order valence-corrected chi connectivity index (χ1v) is 36.4. The van der Waals surface area contributed by atoms with Crippen LogP contribution in [0.2, 0.25) is 0 Å². The number of aromatic nitrogens is 12. The lowest BCUT2D eigenvalue weighted by molar-refractivity contribution is -0.0238. The number of nitrogens with zero attached hydrogens (tertiary/aromatic N) is 14. The van der Waals surface area contributed by atoms with Crippen molar-refractivity contribution in [1.82, 2.24) is 73.7 Å². The van der Waals surface area contributed by atoms with Gasteiger partial charge in [0.25, 0.3) is 0 Å². The van der Waals surface area contributed by atoms with E-state index in [-0.39, 0.29) is 36.3 Å². The number of nitrogens with two attached hydrogens (primary N) is 3. The van der Waals surface area contributed by atoms with Gasteiger partial charge in [0, 0.05) is 105 Å². The van der Waals surface area contributed by atoms with Gasteiger partial charge in [-0.3, -0.25) is 9.80 Å². The van der Waals surface area contributed by atoms with Gasteiger partial charge >= 0.3 is 0 Å². The molecule has 9 aromatic heterocycles. The molecule has 3 aliphatic carbocycles. The molecule has 24 nitrogen and oxygen atoms in total. The molecule has 3 saturated heterocycles. The monoisotopic (exact) mass is 1550 g/mol. The van der Waals surface area contributed by atoms with Gasteiger partial charge in [0.2, 0.25) is 0 Å². The molecule has 0 bridgehead atoms. The molecule has 3 aliphatic heterocycles. The molecule has 15 atom stereocenters. The fourth-order valence-electron chi connectivity index (χ4n) is 18.1. The molecule has 12 aromatic rings. The van der Waals surface area contributed by atoms with E-state index in [4.69, 9.17) is 17.2 Å². The lowest BCUT2D eigenvalue weighted by Gasteiger charge is -2.27. The van der Waals surface area contributed by atoms with Crippen molar-refractivity contribution in [2.24, 2.45) is 16.2 Å². The molecule has 13 N–H and O–H groups in total. The van der Waals surface area contributed by atoms with Crippen LogP contribution in [0, 0.1) is 37.0 Å². The molecular formula is C74H79Br3N18O6. The zero-order valence-corrected chi connectivity index (χ0v) is 61.0. The van der Waals surface area contributed by atoms with Gasteiger partial charge in [-0.15, -0.1) is 0 Å². The van der Waals surface area contributed by atoms with Crippen LogP contribution >= 0.6 is 47.8 Å². The Morgan fingerprint density at radius 2 is 0.762 bits per heavy atom. The second-order valence-electron chi connectivity index (χ2n) is 29.3. The Labute approximate surface area is 606 Å². The van der Waals surface area contributed by atoms with Crippen molar-refractivity contribution in [3.05, 3.63) is 176 Å². The average Bonchev–Trinajstić information content (AvgIpc) is 1.59. The first-order chi connectivity index (χ1) is 48.4. The number of nitrogens with one attached hydrogen (secondary N) is 1. The lowest BCUT2D eigenvalue weighted by atomic mass is 9.80. The number of aliphatic hydroxyl groups is 6. The number of halogens is 3. The number of likely N-dealkylation sites (tertiary alicyclic amines) is 2. The van der Waals surface area contributed by atoms with Gasteiger partial charge in [-0.25, -0.2) is 44.9 Å². The molecule has 0 unspecified atom stereocenters. The fourth-order valence-corrected chi connectivity index (χ4v) is 19.1. The predicted molar refractivity (Wildman–Crippen MR) is 398 cm³/mol. The van der Waals surface area contributed by atoms with Crippen molar-refractivity contribution in [1.29, 1.82) is 0 Å². The Balaban J connectivity index is 0.000000118. The first-order valence-electron chi connectivity index (χ1n) is 34.0. The van der Waals surface area contributed by atoms with Gasteiger partial charge in [-0.2, -0.15) is 0 Å². The number of aliphatic hydroxyl groups excluding tert-OH is 6. The molecule has 3 saturated carbocycles. The second-order valence-corrected chi connectivity index (χ2v) is 31.9. The van der Waals surface area contributed by atoms with Gasteiger partial charge in [-0.05, 0) is 192 Å². The molecule has 6 fully saturated rings. The molecule has 18 rings (SSSR count). The van der Waals surface area contributed by atoms with Crippen molar-refractivity contribution in [2.75, 3.05) is 50.9 Å². The van der Waals surface area contributed by atoms with Crippen LogP contribution in [0.5, 0.6) is 0 Å². The maximum absolute atomic E-state index is 11.3. The average molecular weight is 1560 g/mol. The highest BCUT2D eigenvalue weighted by Crippen LogP contribution is 2.58. The van der Waals surface area contributed by atoms with Crippen LogP contribution in [0.25, 0.3) is 65.8 Å². The molecule has 101 heavy (non-hydrogen) atoms. The third kappa shape index (κ3) is 11.4. The summed E-state index contributed by atoms with van der Waals surface area (Å²) in [5, 5.41) is 76.7. The highest BCUT2D eigenvalue weighted by Gasteiger charge is 2.60. The minimum Gasteiger partial charge on any atom is -0.390 e. The maximum Gasteiger partial charge on any atom is 0.143 e. The van der Waals surface area contributed by atoms with Crippen LogP contribution in [0.1, 0.15) is 109 Å². The Morgan fingerprint density at radius 1 is 0.426 bits per heavy atom. The van der Waals surface area contributed by atoms with Crippen LogP contribution in [0.4, 0.5) is 17.5 Å². The zero-order valence-electron chi connectivity index (χ0n) is 56.2. The summed E-state index contributed by atoms with van der Waals surface area (Å²) in [4.78, 5) is 44.3. The highest BCUT2D eigenvalue weighted by atomic mass is 79.9. The van der Waals surface area contributed by atoms with Gasteiger partial charge in [0.05, 0.1) is 83.5 Å². The minimum atomic E-state index is -0.869. The summed E-state index contributed by atoms with van der Waals surface area (Å²) in [6, 6.07) is 30.2. The number of nitrogen functional groups attached to an aromatic ring is 3. The SMILES string of the molecule is Cc1ncnc2c1ccn2[C@@H]1C[C@@]2(CN[C@@H](c3ccc4cc(Br)c(N)nc4c3)C2)[C@@H](O)[C@H]1O.Cc1ncnc2c1ccn2[C@@H]1C[C@]2(C[C@@H](c3ccc4cc(Br)c(N)nc4c3)N(C)C2)[C@@H](O)[C@H]1O.Cc1ncnc2c1ccn2[C@@H]1C[C@]2(C[C@H](c3ccc4cc(Br)c(N)nc4c3)N(C)C2)[C@@H](O)[C@H]1O. The van der Waals surface area contributed by atoms with Gasteiger partial charge < -0.3 is 66.9 Å². The minimum absolute atomic E-state index is 0.0626. The first kappa shape index (κ1) is 67.7. The molecule has 0 radical (unpaired) electrons. The van der Waals surface area contributed by atoms with E-state index < -0.39 is 52.9 Å². The van der Waals surface area contributed by atoms with E-state index >= 15 is 0 Å². The summed E-state index contributed by atoms with van der Waals surface area (Å²) in [7, 11) is 4.17. The Kier molecular flexibility index (Phi) is 17.1. The van der Waals surface area contributed by atoms with Crippen LogP contribution in [-0.4, -0.2) is 169 Å². The second kappa shape index (κ2) is 25.6. The van der Waals surface area contributed by atoms with Crippen LogP contribution in [0.15, 0.2) is 142 Å². The summed E-state index contributed by atoms with van der Waals surface area (Å²) >= 11 is 10.3. The third-order valence-electron chi connectivity index (χ3n) is 23.4. The molecular weight excluding hydrogens is 1480 g/mol. The zero-order chi connectivity index (χ0) is 70.5. The van der Waals surface area contributed by atoms with E-state index in [0.717, 1.165) is 132 Å². The predicted octanol–water partition coefficient (Wildman–Crippen LogP) is 9.75. The summed E-state index contributed by atoms with van der Waals surface area (Å²) in [6.07, 6.45) is 9.70. The summed E-state index contributed by atoms with van der Waals surface area (Å²) in [5.74, 6) is 1.40. The molecule has 3 aromatic carbocycles. The van der Waals surface area contributed by atoms with Crippen molar-refractivity contribution in [3.8, 4) is 0 Å². The topological polar surface area (TPSA) is 349 Å². The van der Waals surface area contributed by atoms with E-state index in [1.165, 1.54) is 0 Å². The fraction of sp³-hybridized carbons (Fsp3) is 0.392. The van der Waals surface area contributed by atoms with E-state index in [0.29, 0.717) is 56.4 Å². The van der Waals surface area contributed by atoms with Crippen molar-refractivity contribution >= 4 is 131 Å². The van der Waals surface area contributed by atoms with Crippen LogP contribution in [0.3, 0.4) is 0 Å². The quantitative estimate of drug-likeness (QED) is 0.0740. The molecule has 522 valence electrons. The standard InChI is InChI=1S/2C25H27BrN6O2.C24H25BrN6O2/c2*1-13-16-5-6-32(24(16)29-12-28-13)20-10-25(22(34)21(20)33)9-19(31(2)11-25)15-4-3-14-7-17(26)23(27)30-18(14)8-15;1-12-15-4-5-31(23(15)29-11-28-12)19-9-24(21(33)20(19)32)8-18(27-10-24)14-3-2-13-6-16(25)22(26)30-17(13)7-14/h2*3-8,12,19-22,33-34H,9-11H2,1-2H3,(H2,27,30);2-7,11,18-21,27,32-33H,8-10H2,1H3,(H2,26,30)/t19-,20+,21-,22-,25-;19-,20-,21+,22+,25+;18-,19-,20+,21+,24+/m011/s1. The molecule has 0 amide bonds. The largest absolute Gasteiger partial charge is 0.390 e. The third-order valence-corrected chi connectivity index (χ3v) is 25.3. The number of pyridine rings is 3.